The summed E-state index contributed by atoms with van der Waals surface area (Å²) in [5.74, 6) is -1.45. The summed E-state index contributed by atoms with van der Waals surface area (Å²) in [6.07, 6.45) is 1.25. The smallest absolute Gasteiger partial charge is 0.244 e. The van der Waals surface area contributed by atoms with Gasteiger partial charge in [0.1, 0.15) is 29.7 Å². The number of aromatic nitrogens is 1. The van der Waals surface area contributed by atoms with Crippen LogP contribution in [0, 0.1) is 11.6 Å². The van der Waals surface area contributed by atoms with Crippen molar-refractivity contribution >= 4 is 28.3 Å². The Morgan fingerprint density at radius 1 is 0.914 bits per heavy atom. The van der Waals surface area contributed by atoms with Gasteiger partial charge in [-0.25, -0.2) is 8.78 Å². The van der Waals surface area contributed by atoms with Crippen LogP contribution in [-0.4, -0.2) is 30.5 Å². The minimum atomic E-state index is -0.692. The highest BCUT2D eigenvalue weighted by atomic mass is 19.1. The van der Waals surface area contributed by atoms with E-state index in [4.69, 9.17) is 9.47 Å². The average Bonchev–Trinajstić information content (AvgIpc) is 2.86. The number of hydrogen-bond acceptors (Lipinski definition) is 5. The van der Waals surface area contributed by atoms with E-state index in [1.54, 1.807) is 18.2 Å². The summed E-state index contributed by atoms with van der Waals surface area (Å²) in [6.45, 7) is -0.290. The van der Waals surface area contributed by atoms with Crippen molar-refractivity contribution in [2.45, 2.75) is 6.54 Å². The van der Waals surface area contributed by atoms with Crippen molar-refractivity contribution in [2.75, 3.05) is 19.5 Å². The van der Waals surface area contributed by atoms with Gasteiger partial charge in [-0.05, 0) is 54.6 Å². The number of nitrogens with one attached hydrogen (secondary N) is 1. The highest BCUT2D eigenvalue weighted by molar-refractivity contribution is 6.10. The average molecular weight is 478 g/mol. The molecule has 0 aliphatic carbocycles. The number of hydrogen-bond donors (Lipinski definition) is 1. The Morgan fingerprint density at radius 3 is 2.31 bits per heavy atom. The maximum atomic E-state index is 14.0. The lowest BCUT2D eigenvalue weighted by atomic mass is 10.0. The van der Waals surface area contributed by atoms with Crippen LogP contribution in [0.2, 0.25) is 0 Å². The van der Waals surface area contributed by atoms with Crippen LogP contribution in [0.15, 0.2) is 71.7 Å². The van der Waals surface area contributed by atoms with Crippen LogP contribution in [0.25, 0.3) is 10.9 Å². The summed E-state index contributed by atoms with van der Waals surface area (Å²) in [4.78, 5) is 38.9. The van der Waals surface area contributed by atoms with Crippen LogP contribution in [0.4, 0.5) is 14.5 Å². The number of fused-ring (bicyclic) bond motifs is 1. The molecule has 1 aromatic heterocycles. The number of carbonyl (C=O) groups is 2. The molecular weight excluding hydrogens is 458 g/mol. The number of rotatable bonds is 7. The van der Waals surface area contributed by atoms with E-state index >= 15 is 0 Å². The highest BCUT2D eigenvalue weighted by Gasteiger charge is 2.19. The predicted molar refractivity (Wildman–Crippen MR) is 126 cm³/mol. The van der Waals surface area contributed by atoms with E-state index in [9.17, 15) is 23.2 Å². The molecule has 1 heterocycles. The van der Waals surface area contributed by atoms with Gasteiger partial charge in [0, 0.05) is 23.2 Å². The number of carbonyl (C=O) groups excluding carboxylic acids is 2. The number of halogens is 2. The standard InChI is InChI=1S/C26H20F2N2O5/c1-34-18-8-9-21(23(12-18)35-2)29-24(31)14-30-13-20(25(32)15-3-5-16(27)6-4-15)26(33)19-11-17(28)7-10-22(19)30/h3-13H,14H2,1-2H3,(H,29,31). The Bertz CT molecular complexity index is 1500. The molecule has 0 aliphatic rings. The zero-order valence-corrected chi connectivity index (χ0v) is 18.8. The SMILES string of the molecule is COc1ccc(NC(=O)Cn2cc(C(=O)c3ccc(F)cc3)c(=O)c3cc(F)ccc32)c(OC)c1. The van der Waals surface area contributed by atoms with Crippen LogP contribution in [0.5, 0.6) is 11.5 Å². The normalized spacial score (nSPS) is 10.7. The Morgan fingerprint density at radius 2 is 1.63 bits per heavy atom. The fourth-order valence-corrected chi connectivity index (χ4v) is 3.67. The van der Waals surface area contributed by atoms with Gasteiger partial charge in [0.05, 0.1) is 31.0 Å². The quantitative estimate of drug-likeness (QED) is 0.403. The second-order valence-electron chi connectivity index (χ2n) is 7.61. The van der Waals surface area contributed by atoms with E-state index < -0.39 is 28.8 Å². The van der Waals surface area contributed by atoms with Crippen molar-refractivity contribution < 1.29 is 27.8 Å². The summed E-state index contributed by atoms with van der Waals surface area (Å²) < 4.78 is 39.1. The maximum Gasteiger partial charge on any atom is 0.244 e. The van der Waals surface area contributed by atoms with Crippen LogP contribution in [-0.2, 0) is 11.3 Å². The summed E-state index contributed by atoms with van der Waals surface area (Å²) in [7, 11) is 2.95. The molecule has 0 unspecified atom stereocenters. The zero-order chi connectivity index (χ0) is 25.1. The number of nitrogens with zero attached hydrogens (tertiary/aromatic N) is 1. The third-order valence-electron chi connectivity index (χ3n) is 5.39. The second-order valence-corrected chi connectivity index (χ2v) is 7.61. The van der Waals surface area contributed by atoms with Gasteiger partial charge in [-0.15, -0.1) is 0 Å². The first kappa shape index (κ1) is 23.6. The van der Waals surface area contributed by atoms with Gasteiger partial charge in [0.15, 0.2) is 5.78 Å². The molecule has 0 bridgehead atoms. The Balaban J connectivity index is 1.73. The van der Waals surface area contributed by atoms with Crippen LogP contribution < -0.4 is 20.2 Å². The first-order valence-corrected chi connectivity index (χ1v) is 10.5. The largest absolute Gasteiger partial charge is 0.497 e. The van der Waals surface area contributed by atoms with E-state index in [0.717, 1.165) is 24.3 Å². The van der Waals surface area contributed by atoms with Gasteiger partial charge < -0.3 is 19.4 Å². The van der Waals surface area contributed by atoms with Crippen molar-refractivity contribution in [2.24, 2.45) is 0 Å². The molecule has 178 valence electrons. The molecule has 35 heavy (non-hydrogen) atoms. The van der Waals surface area contributed by atoms with Crippen molar-refractivity contribution in [3.05, 3.63) is 99.8 Å². The molecule has 4 aromatic rings. The van der Waals surface area contributed by atoms with Crippen molar-refractivity contribution in [1.82, 2.24) is 4.57 Å². The lowest BCUT2D eigenvalue weighted by Crippen LogP contribution is -2.24. The molecule has 0 saturated heterocycles. The van der Waals surface area contributed by atoms with E-state index in [0.29, 0.717) is 17.2 Å². The molecule has 0 radical (unpaired) electrons. The molecule has 0 atom stereocenters. The van der Waals surface area contributed by atoms with E-state index in [1.807, 2.05) is 0 Å². The van der Waals surface area contributed by atoms with Crippen LogP contribution >= 0.6 is 0 Å². The predicted octanol–water partition coefficient (Wildman–Crippen LogP) is 4.17. The number of ether oxygens (including phenoxy) is 2. The molecule has 7 nitrogen and oxygen atoms in total. The maximum absolute atomic E-state index is 14.0. The summed E-state index contributed by atoms with van der Waals surface area (Å²) in [6, 6.07) is 13.1. The number of methoxy groups -OCH3 is 2. The summed E-state index contributed by atoms with van der Waals surface area (Å²) in [5, 5.41) is 2.66. The molecule has 0 spiro atoms. The fourth-order valence-electron chi connectivity index (χ4n) is 3.67. The first-order chi connectivity index (χ1) is 16.8. The van der Waals surface area contributed by atoms with Gasteiger partial charge in [0.25, 0.3) is 0 Å². The van der Waals surface area contributed by atoms with E-state index in [1.165, 1.54) is 43.2 Å². The number of anilines is 1. The molecular formula is C26H20F2N2O5. The van der Waals surface area contributed by atoms with Crippen molar-refractivity contribution in [1.29, 1.82) is 0 Å². The van der Waals surface area contributed by atoms with Gasteiger partial charge in [0.2, 0.25) is 11.3 Å². The Labute approximate surface area is 198 Å². The monoisotopic (exact) mass is 478 g/mol. The number of amides is 1. The number of pyridine rings is 1. The summed E-state index contributed by atoms with van der Waals surface area (Å²) in [5.41, 5.74) is -0.230. The molecule has 3 aromatic carbocycles. The molecule has 4 rings (SSSR count). The topological polar surface area (TPSA) is 86.6 Å². The highest BCUT2D eigenvalue weighted by Crippen LogP contribution is 2.29. The molecule has 1 amide bonds. The Hall–Kier alpha value is -4.53. The third-order valence-corrected chi connectivity index (χ3v) is 5.39. The third kappa shape index (κ3) is 4.89. The van der Waals surface area contributed by atoms with E-state index in [-0.39, 0.29) is 28.6 Å². The minimum Gasteiger partial charge on any atom is -0.497 e. The first-order valence-electron chi connectivity index (χ1n) is 10.5. The molecule has 0 aliphatic heterocycles. The van der Waals surface area contributed by atoms with Gasteiger partial charge in [-0.1, -0.05) is 0 Å². The zero-order valence-electron chi connectivity index (χ0n) is 18.8. The molecule has 9 heteroatoms. The molecule has 0 fully saturated rings. The Kier molecular flexibility index (Phi) is 6.59. The van der Waals surface area contributed by atoms with Gasteiger partial charge in [-0.3, -0.25) is 14.4 Å². The minimum absolute atomic E-state index is 0.0622. The van der Waals surface area contributed by atoms with Crippen molar-refractivity contribution in [3.8, 4) is 11.5 Å². The number of ketones is 1. The summed E-state index contributed by atoms with van der Waals surface area (Å²) >= 11 is 0. The van der Waals surface area contributed by atoms with E-state index in [2.05, 4.69) is 5.32 Å². The fraction of sp³-hybridized carbons (Fsp3) is 0.115. The van der Waals surface area contributed by atoms with Crippen LogP contribution in [0.1, 0.15) is 15.9 Å². The lowest BCUT2D eigenvalue weighted by Gasteiger charge is -2.15. The van der Waals surface area contributed by atoms with Crippen LogP contribution in [0.3, 0.4) is 0 Å². The second kappa shape index (κ2) is 9.76. The number of benzene rings is 3. The van der Waals surface area contributed by atoms with Gasteiger partial charge in [-0.2, -0.15) is 0 Å². The van der Waals surface area contributed by atoms with Gasteiger partial charge >= 0.3 is 0 Å². The van der Waals surface area contributed by atoms with Crippen molar-refractivity contribution in [3.63, 3.8) is 0 Å². The lowest BCUT2D eigenvalue weighted by molar-refractivity contribution is -0.116. The molecule has 0 saturated carbocycles. The molecule has 1 N–H and O–H groups in total.